The monoisotopic (exact) mass is 162 g/mol. The summed E-state index contributed by atoms with van der Waals surface area (Å²) in [6, 6.07) is 10.1. The zero-order valence-electron chi connectivity index (χ0n) is 7.53. The van der Waals surface area contributed by atoms with Crippen molar-refractivity contribution in [1.82, 2.24) is 0 Å². The molecule has 0 spiro atoms. The second-order valence-electron chi connectivity index (χ2n) is 3.19. The molecule has 0 aliphatic carbocycles. The third-order valence-electron chi connectivity index (χ3n) is 2.33. The van der Waals surface area contributed by atoms with Gasteiger partial charge in [-0.15, -0.1) is 0 Å². The van der Waals surface area contributed by atoms with E-state index in [4.69, 9.17) is 0 Å². The number of hydrogen-bond acceptors (Lipinski definition) is 1. The summed E-state index contributed by atoms with van der Waals surface area (Å²) < 4.78 is 0. The van der Waals surface area contributed by atoms with Crippen LogP contribution in [0.25, 0.3) is 0 Å². The summed E-state index contributed by atoms with van der Waals surface area (Å²) in [5, 5.41) is 0. The standard InChI is InChI=1S/C11H14O/c1-9(8-12)10(2)11-6-4-3-5-7-11/h3-10H,1-2H3/t9?,10-/m0/s1. The maximum Gasteiger partial charge on any atom is 0.123 e. The molecule has 64 valence electrons. The first kappa shape index (κ1) is 8.98. The van der Waals surface area contributed by atoms with Gasteiger partial charge in [0.25, 0.3) is 0 Å². The molecule has 1 aromatic carbocycles. The topological polar surface area (TPSA) is 17.1 Å². The van der Waals surface area contributed by atoms with E-state index in [0.717, 1.165) is 6.29 Å². The first-order valence-corrected chi connectivity index (χ1v) is 4.26. The van der Waals surface area contributed by atoms with Crippen molar-refractivity contribution in [2.45, 2.75) is 19.8 Å². The summed E-state index contributed by atoms with van der Waals surface area (Å²) >= 11 is 0. The van der Waals surface area contributed by atoms with Gasteiger partial charge in [-0.3, -0.25) is 0 Å². The fraction of sp³-hybridized carbons (Fsp3) is 0.364. The molecule has 0 aliphatic heterocycles. The molecule has 1 nitrogen and oxygen atoms in total. The minimum atomic E-state index is 0.104. The Kier molecular flexibility index (Phi) is 3.03. The van der Waals surface area contributed by atoms with Crippen LogP contribution in [0.15, 0.2) is 30.3 Å². The Balaban J connectivity index is 2.78. The van der Waals surface area contributed by atoms with Crippen molar-refractivity contribution in [1.29, 1.82) is 0 Å². The second kappa shape index (κ2) is 4.05. The van der Waals surface area contributed by atoms with Gasteiger partial charge in [-0.25, -0.2) is 0 Å². The number of benzene rings is 1. The molecule has 0 bridgehead atoms. The van der Waals surface area contributed by atoms with Gasteiger partial charge in [-0.2, -0.15) is 0 Å². The van der Waals surface area contributed by atoms with E-state index in [2.05, 4.69) is 19.1 Å². The van der Waals surface area contributed by atoms with Crippen LogP contribution in [-0.2, 0) is 4.79 Å². The fourth-order valence-corrected chi connectivity index (χ4v) is 1.18. The summed E-state index contributed by atoms with van der Waals surface area (Å²) in [6.45, 7) is 4.03. The smallest absolute Gasteiger partial charge is 0.123 e. The highest BCUT2D eigenvalue weighted by atomic mass is 16.1. The zero-order valence-corrected chi connectivity index (χ0v) is 7.53. The molecular weight excluding hydrogens is 148 g/mol. The Morgan fingerprint density at radius 1 is 1.17 bits per heavy atom. The molecule has 1 rings (SSSR count). The Labute approximate surface area is 73.4 Å². The lowest BCUT2D eigenvalue weighted by atomic mass is 9.90. The van der Waals surface area contributed by atoms with E-state index in [-0.39, 0.29) is 5.92 Å². The zero-order chi connectivity index (χ0) is 8.97. The summed E-state index contributed by atoms with van der Waals surface area (Å²) in [6.07, 6.45) is 1.01. The second-order valence-corrected chi connectivity index (χ2v) is 3.19. The van der Waals surface area contributed by atoms with Crippen molar-refractivity contribution >= 4 is 6.29 Å². The lowest BCUT2D eigenvalue weighted by Crippen LogP contribution is -2.06. The minimum Gasteiger partial charge on any atom is -0.303 e. The van der Waals surface area contributed by atoms with Crippen LogP contribution in [0.2, 0.25) is 0 Å². The van der Waals surface area contributed by atoms with E-state index in [1.807, 2.05) is 25.1 Å². The van der Waals surface area contributed by atoms with Gasteiger partial charge >= 0.3 is 0 Å². The molecule has 0 N–H and O–H groups in total. The predicted molar refractivity (Wildman–Crippen MR) is 50.1 cm³/mol. The van der Waals surface area contributed by atoms with Crippen LogP contribution in [-0.4, -0.2) is 6.29 Å². The molecular formula is C11H14O. The molecule has 2 atom stereocenters. The largest absolute Gasteiger partial charge is 0.303 e. The molecule has 0 saturated heterocycles. The van der Waals surface area contributed by atoms with Crippen molar-refractivity contribution in [2.75, 3.05) is 0 Å². The summed E-state index contributed by atoms with van der Waals surface area (Å²) in [4.78, 5) is 10.5. The Bertz CT molecular complexity index is 240. The van der Waals surface area contributed by atoms with Gasteiger partial charge in [-0.05, 0) is 11.5 Å². The summed E-state index contributed by atoms with van der Waals surface area (Å²) in [5.41, 5.74) is 1.23. The highest BCUT2D eigenvalue weighted by Crippen LogP contribution is 2.21. The molecule has 0 saturated carbocycles. The first-order valence-electron chi connectivity index (χ1n) is 4.26. The molecule has 0 aliphatic rings. The quantitative estimate of drug-likeness (QED) is 0.624. The number of aldehydes is 1. The molecule has 1 aromatic rings. The van der Waals surface area contributed by atoms with E-state index in [0.29, 0.717) is 5.92 Å². The average Bonchev–Trinajstić information content (AvgIpc) is 2.17. The third-order valence-corrected chi connectivity index (χ3v) is 2.33. The van der Waals surface area contributed by atoms with E-state index >= 15 is 0 Å². The Morgan fingerprint density at radius 2 is 1.75 bits per heavy atom. The van der Waals surface area contributed by atoms with Crippen LogP contribution in [0.3, 0.4) is 0 Å². The lowest BCUT2D eigenvalue weighted by Gasteiger charge is -2.13. The van der Waals surface area contributed by atoms with Crippen LogP contribution >= 0.6 is 0 Å². The van der Waals surface area contributed by atoms with Crippen LogP contribution in [0.4, 0.5) is 0 Å². The van der Waals surface area contributed by atoms with Crippen molar-refractivity contribution in [2.24, 2.45) is 5.92 Å². The van der Waals surface area contributed by atoms with Crippen LogP contribution in [0, 0.1) is 5.92 Å². The molecule has 12 heavy (non-hydrogen) atoms. The lowest BCUT2D eigenvalue weighted by molar-refractivity contribution is -0.111. The normalized spacial score (nSPS) is 15.2. The third kappa shape index (κ3) is 1.94. The number of carbonyl (C=O) groups is 1. The number of hydrogen-bond donors (Lipinski definition) is 0. The van der Waals surface area contributed by atoms with Gasteiger partial charge in [0.05, 0.1) is 0 Å². The minimum absolute atomic E-state index is 0.104. The van der Waals surface area contributed by atoms with Crippen molar-refractivity contribution in [3.05, 3.63) is 35.9 Å². The molecule has 0 heterocycles. The molecule has 0 amide bonds. The van der Waals surface area contributed by atoms with Gasteiger partial charge in [0.2, 0.25) is 0 Å². The molecule has 1 heteroatoms. The maximum atomic E-state index is 10.5. The van der Waals surface area contributed by atoms with Crippen LogP contribution in [0.1, 0.15) is 25.3 Å². The van der Waals surface area contributed by atoms with Crippen LogP contribution in [0.5, 0.6) is 0 Å². The SMILES string of the molecule is CC(C=O)[C@H](C)c1ccccc1. The number of rotatable bonds is 3. The fourth-order valence-electron chi connectivity index (χ4n) is 1.18. The van der Waals surface area contributed by atoms with Gasteiger partial charge in [0.15, 0.2) is 0 Å². The highest BCUT2D eigenvalue weighted by Gasteiger charge is 2.11. The average molecular weight is 162 g/mol. The molecule has 0 radical (unpaired) electrons. The summed E-state index contributed by atoms with van der Waals surface area (Å²) in [5.74, 6) is 0.427. The Morgan fingerprint density at radius 3 is 2.25 bits per heavy atom. The molecule has 0 fully saturated rings. The van der Waals surface area contributed by atoms with E-state index < -0.39 is 0 Å². The van der Waals surface area contributed by atoms with E-state index in [1.54, 1.807) is 0 Å². The Hall–Kier alpha value is -1.11. The van der Waals surface area contributed by atoms with Gasteiger partial charge < -0.3 is 4.79 Å². The van der Waals surface area contributed by atoms with Crippen LogP contribution < -0.4 is 0 Å². The highest BCUT2D eigenvalue weighted by molar-refractivity contribution is 5.55. The van der Waals surface area contributed by atoms with E-state index in [9.17, 15) is 4.79 Å². The van der Waals surface area contributed by atoms with Crippen molar-refractivity contribution in [3.63, 3.8) is 0 Å². The first-order chi connectivity index (χ1) is 5.75. The maximum absolute atomic E-state index is 10.5. The number of carbonyl (C=O) groups excluding carboxylic acids is 1. The predicted octanol–water partition coefficient (Wildman–Crippen LogP) is 2.63. The van der Waals surface area contributed by atoms with Gasteiger partial charge in [-0.1, -0.05) is 44.2 Å². The van der Waals surface area contributed by atoms with Crippen molar-refractivity contribution in [3.8, 4) is 0 Å². The summed E-state index contributed by atoms with van der Waals surface area (Å²) in [7, 11) is 0. The molecule has 0 aromatic heterocycles. The van der Waals surface area contributed by atoms with Crippen molar-refractivity contribution < 1.29 is 4.79 Å². The van der Waals surface area contributed by atoms with Gasteiger partial charge in [0, 0.05) is 5.92 Å². The molecule has 1 unspecified atom stereocenters. The van der Waals surface area contributed by atoms with Gasteiger partial charge in [0.1, 0.15) is 6.29 Å². The van der Waals surface area contributed by atoms with E-state index in [1.165, 1.54) is 5.56 Å².